The van der Waals surface area contributed by atoms with Gasteiger partial charge in [0.2, 0.25) is 0 Å². The van der Waals surface area contributed by atoms with Crippen LogP contribution in [-0.2, 0) is 10.8 Å². The maximum absolute atomic E-state index is 14.1. The van der Waals surface area contributed by atoms with Gasteiger partial charge in [0.05, 0.1) is 33.9 Å². The van der Waals surface area contributed by atoms with E-state index >= 15 is 0 Å². The summed E-state index contributed by atoms with van der Waals surface area (Å²) in [4.78, 5) is 10.0. The molecule has 3 unspecified atom stereocenters. The number of allylic oxidation sites excluding steroid dienone is 4. The molecule has 2 heterocycles. The molecule has 172 valence electrons. The molecular formula is C24H25FN4O3S. The van der Waals surface area contributed by atoms with Crippen LogP contribution < -0.4 is 0 Å². The lowest BCUT2D eigenvalue weighted by Gasteiger charge is -2.23. The first-order valence-corrected chi connectivity index (χ1v) is 11.9. The number of halogens is 1. The molecule has 0 bridgehead atoms. The second-order valence-electron chi connectivity index (χ2n) is 8.07. The average Bonchev–Trinajstić information content (AvgIpc) is 3.29. The third-order valence-corrected chi connectivity index (χ3v) is 7.58. The van der Waals surface area contributed by atoms with Gasteiger partial charge in [-0.05, 0) is 49.5 Å². The van der Waals surface area contributed by atoms with Gasteiger partial charge < -0.3 is 9.52 Å². The van der Waals surface area contributed by atoms with Crippen molar-refractivity contribution in [1.82, 2.24) is 20.2 Å². The highest BCUT2D eigenvalue weighted by atomic mass is 32.2. The van der Waals surface area contributed by atoms with Gasteiger partial charge in [-0.25, -0.2) is 9.37 Å². The molecule has 0 radical (unpaired) electrons. The van der Waals surface area contributed by atoms with Gasteiger partial charge in [0.1, 0.15) is 11.5 Å². The topological polar surface area (TPSA) is 102 Å². The number of hydrogen-bond acceptors (Lipinski definition) is 7. The number of rotatable bonds is 7. The number of aliphatic hydroxyl groups is 1. The van der Waals surface area contributed by atoms with Crippen molar-refractivity contribution in [3.8, 4) is 23.0 Å². The predicted molar refractivity (Wildman–Crippen MR) is 125 cm³/mol. The van der Waals surface area contributed by atoms with Crippen molar-refractivity contribution >= 4 is 16.4 Å². The van der Waals surface area contributed by atoms with Crippen LogP contribution in [0.4, 0.5) is 4.39 Å². The van der Waals surface area contributed by atoms with Crippen molar-refractivity contribution in [2.45, 2.75) is 38.9 Å². The molecule has 0 amide bonds. The first-order valence-electron chi connectivity index (χ1n) is 10.7. The largest absolute Gasteiger partial charge is 0.414 e. The number of aryl methyl sites for hydroxylation is 1. The summed E-state index contributed by atoms with van der Waals surface area (Å²) in [6.45, 7) is 5.73. The first-order chi connectivity index (χ1) is 15.9. The molecule has 0 aliphatic heterocycles. The fourth-order valence-corrected chi connectivity index (χ4v) is 5.16. The molecule has 1 N–H and O–H groups in total. The van der Waals surface area contributed by atoms with Gasteiger partial charge in [-0.3, -0.25) is 9.19 Å². The zero-order chi connectivity index (χ0) is 23.5. The normalized spacial score (nSPS) is 17.9. The van der Waals surface area contributed by atoms with E-state index in [2.05, 4.69) is 15.2 Å². The second kappa shape index (κ2) is 9.84. The van der Waals surface area contributed by atoms with Crippen molar-refractivity contribution in [3.05, 3.63) is 64.7 Å². The van der Waals surface area contributed by atoms with E-state index in [1.54, 1.807) is 31.3 Å². The van der Waals surface area contributed by atoms with E-state index in [9.17, 15) is 8.60 Å². The van der Waals surface area contributed by atoms with Gasteiger partial charge >= 0.3 is 0 Å². The van der Waals surface area contributed by atoms with E-state index < -0.39 is 16.6 Å². The van der Waals surface area contributed by atoms with Gasteiger partial charge in [0.25, 0.3) is 11.8 Å². The minimum atomic E-state index is -1.15. The summed E-state index contributed by atoms with van der Waals surface area (Å²) in [5.41, 5.74) is 2.90. The summed E-state index contributed by atoms with van der Waals surface area (Å²) in [7, 11) is -1.15. The fraction of sp³-hybridized carbons (Fsp3) is 0.333. The molecular weight excluding hydrogens is 443 g/mol. The van der Waals surface area contributed by atoms with Crippen molar-refractivity contribution < 1.29 is 18.1 Å². The number of aliphatic hydroxyl groups excluding tert-OH is 1. The third kappa shape index (κ3) is 4.84. The SMILES string of the molecule is Cc1ncc(C2=CC=C(S(=O)C(C)CCO)C(C)C2)nc1-c1nnc(-c2ccccc2F)o1. The van der Waals surface area contributed by atoms with Crippen molar-refractivity contribution in [2.75, 3.05) is 6.61 Å². The van der Waals surface area contributed by atoms with Gasteiger partial charge in [-0.2, -0.15) is 0 Å². The molecule has 0 saturated heterocycles. The molecule has 33 heavy (non-hydrogen) atoms. The Labute approximate surface area is 194 Å². The highest BCUT2D eigenvalue weighted by molar-refractivity contribution is 7.89. The summed E-state index contributed by atoms with van der Waals surface area (Å²) in [5.74, 6) is -0.138. The highest BCUT2D eigenvalue weighted by Crippen LogP contribution is 2.34. The smallest absolute Gasteiger partial charge is 0.268 e. The molecule has 4 rings (SSSR count). The van der Waals surface area contributed by atoms with Crippen LogP contribution in [-0.4, -0.2) is 41.3 Å². The molecule has 9 heteroatoms. The van der Waals surface area contributed by atoms with Crippen molar-refractivity contribution in [1.29, 1.82) is 0 Å². The van der Waals surface area contributed by atoms with E-state index in [4.69, 9.17) is 14.5 Å². The number of hydrogen-bond donors (Lipinski definition) is 1. The van der Waals surface area contributed by atoms with Crippen LogP contribution >= 0.6 is 0 Å². The van der Waals surface area contributed by atoms with E-state index in [-0.39, 0.29) is 35.1 Å². The van der Waals surface area contributed by atoms with Crippen LogP contribution in [0.2, 0.25) is 0 Å². The molecule has 0 fully saturated rings. The summed E-state index contributed by atoms with van der Waals surface area (Å²) in [5, 5.41) is 17.1. The molecule has 0 saturated carbocycles. The van der Waals surface area contributed by atoms with Gasteiger partial charge in [-0.15, -0.1) is 10.2 Å². The lowest BCUT2D eigenvalue weighted by molar-refractivity contribution is 0.288. The Kier molecular flexibility index (Phi) is 6.90. The van der Waals surface area contributed by atoms with Gasteiger partial charge in [0.15, 0.2) is 0 Å². The first kappa shape index (κ1) is 23.1. The Morgan fingerprint density at radius 2 is 2.00 bits per heavy atom. The molecule has 1 aliphatic rings. The molecule has 2 aromatic heterocycles. The number of aromatic nitrogens is 4. The van der Waals surface area contributed by atoms with Crippen molar-refractivity contribution in [3.63, 3.8) is 0 Å². The summed E-state index contributed by atoms with van der Waals surface area (Å²) >= 11 is 0. The monoisotopic (exact) mass is 468 g/mol. The predicted octanol–water partition coefficient (Wildman–Crippen LogP) is 4.47. The molecule has 1 aromatic carbocycles. The summed E-state index contributed by atoms with van der Waals surface area (Å²) in [6, 6.07) is 6.20. The summed E-state index contributed by atoms with van der Waals surface area (Å²) in [6.07, 6.45) is 6.65. The van der Waals surface area contributed by atoms with E-state index in [0.717, 1.165) is 10.5 Å². The number of benzene rings is 1. The lowest BCUT2D eigenvalue weighted by atomic mass is 9.93. The second-order valence-corrected chi connectivity index (χ2v) is 9.94. The minimum Gasteiger partial charge on any atom is -0.414 e. The minimum absolute atomic E-state index is 0.0195. The maximum atomic E-state index is 14.1. The van der Waals surface area contributed by atoms with Crippen molar-refractivity contribution in [2.24, 2.45) is 5.92 Å². The number of nitrogens with zero attached hydrogens (tertiary/aromatic N) is 4. The van der Waals surface area contributed by atoms with Gasteiger partial charge in [-0.1, -0.05) is 32.1 Å². The molecule has 3 aromatic rings. The Balaban J connectivity index is 1.64. The highest BCUT2D eigenvalue weighted by Gasteiger charge is 2.25. The zero-order valence-electron chi connectivity index (χ0n) is 18.7. The summed E-state index contributed by atoms with van der Waals surface area (Å²) < 4.78 is 32.6. The zero-order valence-corrected chi connectivity index (χ0v) is 19.5. The van der Waals surface area contributed by atoms with E-state index in [1.807, 2.05) is 26.0 Å². The molecule has 0 spiro atoms. The molecule has 3 atom stereocenters. The van der Waals surface area contributed by atoms with Crippen LogP contribution in [0.5, 0.6) is 0 Å². The third-order valence-electron chi connectivity index (χ3n) is 5.61. The average molecular weight is 469 g/mol. The Bertz CT molecular complexity index is 1250. The Morgan fingerprint density at radius 1 is 1.24 bits per heavy atom. The van der Waals surface area contributed by atoms with Crippen LogP contribution in [0, 0.1) is 18.7 Å². The van der Waals surface area contributed by atoms with E-state index in [0.29, 0.717) is 29.9 Å². The maximum Gasteiger partial charge on any atom is 0.268 e. The molecule has 7 nitrogen and oxygen atoms in total. The quantitative estimate of drug-likeness (QED) is 0.546. The lowest BCUT2D eigenvalue weighted by Crippen LogP contribution is -2.19. The van der Waals surface area contributed by atoms with Crippen LogP contribution in [0.15, 0.2) is 51.9 Å². The standard InChI is InChI=1S/C24H25FN4O3S/c1-14-12-17(8-9-21(14)33(31)15(2)10-11-30)20-13-26-16(3)22(27-20)24-29-28-23(32-24)18-6-4-5-7-19(18)25/h4-9,13-15,30H,10-12H2,1-3H3. The van der Waals surface area contributed by atoms with Crippen LogP contribution in [0.1, 0.15) is 38.1 Å². The van der Waals surface area contributed by atoms with Crippen LogP contribution in [0.25, 0.3) is 28.6 Å². The Morgan fingerprint density at radius 3 is 2.73 bits per heavy atom. The fourth-order valence-electron chi connectivity index (χ4n) is 3.69. The Hall–Kier alpha value is -3.04. The van der Waals surface area contributed by atoms with E-state index in [1.165, 1.54) is 6.07 Å². The molecule has 1 aliphatic carbocycles. The van der Waals surface area contributed by atoms with Crippen LogP contribution in [0.3, 0.4) is 0 Å². The van der Waals surface area contributed by atoms with Gasteiger partial charge in [0, 0.05) is 16.8 Å².